The Kier molecular flexibility index (Phi) is 3.32. The van der Waals surface area contributed by atoms with Crippen molar-refractivity contribution in [3.05, 3.63) is 39.9 Å². The molecule has 1 amide bonds. The number of amides is 1. The van der Waals surface area contributed by atoms with E-state index >= 15 is 0 Å². The number of hydrogen-bond acceptors (Lipinski definition) is 5. The maximum absolute atomic E-state index is 12.0. The van der Waals surface area contributed by atoms with Gasteiger partial charge in [-0.2, -0.15) is 0 Å². The SMILES string of the molecule is C[C@@H]1C[C@@H]1NC(=O)[C@H]1CC(c2ccccc2[N+](=O)[O-])=NO1. The Bertz CT molecular complexity index is 628. The van der Waals surface area contributed by atoms with Crippen LogP contribution >= 0.6 is 0 Å². The van der Waals surface area contributed by atoms with Gasteiger partial charge in [-0.05, 0) is 18.4 Å². The molecule has 2 aliphatic rings. The predicted molar refractivity (Wildman–Crippen MR) is 74.8 cm³/mol. The van der Waals surface area contributed by atoms with Crippen LogP contribution in [0, 0.1) is 16.0 Å². The summed E-state index contributed by atoms with van der Waals surface area (Å²) in [6, 6.07) is 6.54. The van der Waals surface area contributed by atoms with E-state index in [1.165, 1.54) is 6.07 Å². The molecule has 21 heavy (non-hydrogen) atoms. The average Bonchev–Trinajstić information content (AvgIpc) is 2.97. The summed E-state index contributed by atoms with van der Waals surface area (Å²) in [6.45, 7) is 2.07. The van der Waals surface area contributed by atoms with Crippen molar-refractivity contribution in [2.45, 2.75) is 31.9 Å². The Balaban J connectivity index is 1.69. The number of nitro benzene ring substituents is 1. The molecule has 1 fully saturated rings. The van der Waals surface area contributed by atoms with Crippen molar-refractivity contribution < 1.29 is 14.6 Å². The topological polar surface area (TPSA) is 93.8 Å². The first kappa shape index (κ1) is 13.5. The summed E-state index contributed by atoms with van der Waals surface area (Å²) < 4.78 is 0. The molecule has 0 radical (unpaired) electrons. The highest BCUT2D eigenvalue weighted by Crippen LogP contribution is 2.30. The Morgan fingerprint density at radius 3 is 2.86 bits per heavy atom. The van der Waals surface area contributed by atoms with E-state index < -0.39 is 11.0 Å². The third-order valence-electron chi connectivity index (χ3n) is 3.81. The lowest BCUT2D eigenvalue weighted by Crippen LogP contribution is -2.36. The monoisotopic (exact) mass is 289 g/mol. The van der Waals surface area contributed by atoms with Gasteiger partial charge in [-0.3, -0.25) is 14.9 Å². The first-order valence-corrected chi connectivity index (χ1v) is 6.83. The second-order valence-corrected chi connectivity index (χ2v) is 5.44. The van der Waals surface area contributed by atoms with E-state index in [4.69, 9.17) is 4.84 Å². The lowest BCUT2D eigenvalue weighted by Gasteiger charge is -2.08. The van der Waals surface area contributed by atoms with Gasteiger partial charge in [0, 0.05) is 18.5 Å². The van der Waals surface area contributed by atoms with Gasteiger partial charge >= 0.3 is 0 Å². The van der Waals surface area contributed by atoms with Crippen molar-refractivity contribution >= 4 is 17.3 Å². The number of benzene rings is 1. The van der Waals surface area contributed by atoms with Crippen LogP contribution < -0.4 is 5.32 Å². The zero-order valence-electron chi connectivity index (χ0n) is 11.5. The van der Waals surface area contributed by atoms with Crippen LogP contribution in [0.2, 0.25) is 0 Å². The summed E-state index contributed by atoms with van der Waals surface area (Å²) in [5.41, 5.74) is 0.806. The van der Waals surface area contributed by atoms with Gasteiger partial charge in [0.25, 0.3) is 11.6 Å². The molecule has 110 valence electrons. The fourth-order valence-electron chi connectivity index (χ4n) is 2.35. The van der Waals surface area contributed by atoms with Gasteiger partial charge in [-0.25, -0.2) is 0 Å². The Labute approximate surface area is 121 Å². The number of hydrogen-bond donors (Lipinski definition) is 1. The van der Waals surface area contributed by atoms with Crippen LogP contribution in [-0.4, -0.2) is 28.7 Å². The maximum Gasteiger partial charge on any atom is 0.278 e. The predicted octanol–water partition coefficient (Wildman–Crippen LogP) is 1.61. The number of para-hydroxylation sites is 1. The highest BCUT2D eigenvalue weighted by molar-refractivity contribution is 6.06. The van der Waals surface area contributed by atoms with Gasteiger partial charge in [0.15, 0.2) is 0 Å². The van der Waals surface area contributed by atoms with E-state index in [1.807, 2.05) is 0 Å². The second kappa shape index (κ2) is 5.16. The summed E-state index contributed by atoms with van der Waals surface area (Å²) in [4.78, 5) is 27.7. The first-order chi connectivity index (χ1) is 10.1. The molecule has 0 saturated heterocycles. The fourth-order valence-corrected chi connectivity index (χ4v) is 2.35. The standard InChI is InChI=1S/C14H15N3O4/c1-8-6-10(8)15-14(18)13-7-11(16-21-13)9-4-2-3-5-12(9)17(19)20/h2-5,8,10,13H,6-7H2,1H3,(H,15,18)/t8-,10+,13-/m1/s1. The summed E-state index contributed by atoms with van der Waals surface area (Å²) >= 11 is 0. The van der Waals surface area contributed by atoms with E-state index in [0.717, 1.165) is 6.42 Å². The second-order valence-electron chi connectivity index (χ2n) is 5.44. The highest BCUT2D eigenvalue weighted by atomic mass is 16.6. The molecule has 0 aromatic heterocycles. The Morgan fingerprint density at radius 1 is 1.48 bits per heavy atom. The minimum Gasteiger partial charge on any atom is -0.382 e. The molecule has 1 heterocycles. The molecule has 7 nitrogen and oxygen atoms in total. The highest BCUT2D eigenvalue weighted by Gasteiger charge is 2.38. The van der Waals surface area contributed by atoms with Crippen molar-refractivity contribution in [3.8, 4) is 0 Å². The van der Waals surface area contributed by atoms with E-state index in [-0.39, 0.29) is 24.1 Å². The van der Waals surface area contributed by atoms with Gasteiger partial charge in [0.1, 0.15) is 0 Å². The number of nitrogens with zero attached hydrogens (tertiary/aromatic N) is 2. The summed E-state index contributed by atoms with van der Waals surface area (Å²) in [5, 5.41) is 17.7. The van der Waals surface area contributed by atoms with Crippen molar-refractivity contribution in [1.82, 2.24) is 5.32 Å². The van der Waals surface area contributed by atoms with E-state index in [0.29, 0.717) is 17.2 Å². The summed E-state index contributed by atoms with van der Waals surface area (Å²) in [5.74, 6) is 0.299. The fraction of sp³-hybridized carbons (Fsp3) is 0.429. The number of nitro groups is 1. The smallest absolute Gasteiger partial charge is 0.278 e. The van der Waals surface area contributed by atoms with Crippen molar-refractivity contribution in [3.63, 3.8) is 0 Å². The number of carbonyl (C=O) groups excluding carboxylic acids is 1. The van der Waals surface area contributed by atoms with Crippen molar-refractivity contribution in [2.75, 3.05) is 0 Å². The van der Waals surface area contributed by atoms with E-state index in [2.05, 4.69) is 17.4 Å². The van der Waals surface area contributed by atoms with Crippen LogP contribution in [0.3, 0.4) is 0 Å². The zero-order chi connectivity index (χ0) is 15.0. The van der Waals surface area contributed by atoms with Crippen LogP contribution in [0.4, 0.5) is 5.69 Å². The third-order valence-corrected chi connectivity index (χ3v) is 3.81. The molecule has 1 aromatic rings. The van der Waals surface area contributed by atoms with Crippen molar-refractivity contribution in [2.24, 2.45) is 11.1 Å². The largest absolute Gasteiger partial charge is 0.382 e. The van der Waals surface area contributed by atoms with Gasteiger partial charge in [0.2, 0.25) is 6.10 Å². The number of oxime groups is 1. The molecule has 0 unspecified atom stereocenters. The van der Waals surface area contributed by atoms with Gasteiger partial charge < -0.3 is 10.2 Å². The van der Waals surface area contributed by atoms with Crippen LogP contribution in [0.15, 0.2) is 29.4 Å². The maximum atomic E-state index is 12.0. The zero-order valence-corrected chi connectivity index (χ0v) is 11.5. The molecule has 3 atom stereocenters. The molecule has 1 aliphatic carbocycles. The van der Waals surface area contributed by atoms with Gasteiger partial charge in [0.05, 0.1) is 16.2 Å². The van der Waals surface area contributed by atoms with Crippen molar-refractivity contribution in [1.29, 1.82) is 0 Å². The number of rotatable bonds is 4. The van der Waals surface area contributed by atoms with Gasteiger partial charge in [-0.1, -0.05) is 24.2 Å². The molecule has 1 aromatic carbocycles. The lowest BCUT2D eigenvalue weighted by molar-refractivity contribution is -0.385. The molecule has 3 rings (SSSR count). The quantitative estimate of drug-likeness (QED) is 0.673. The van der Waals surface area contributed by atoms with E-state index in [9.17, 15) is 14.9 Å². The molecular weight excluding hydrogens is 274 g/mol. The Morgan fingerprint density at radius 2 is 2.19 bits per heavy atom. The lowest BCUT2D eigenvalue weighted by atomic mass is 10.0. The minimum absolute atomic E-state index is 0.0308. The molecule has 7 heteroatoms. The first-order valence-electron chi connectivity index (χ1n) is 6.83. The van der Waals surface area contributed by atoms with E-state index in [1.54, 1.807) is 18.2 Å². The number of carbonyl (C=O) groups is 1. The molecular formula is C14H15N3O4. The normalized spacial score (nSPS) is 26.7. The molecule has 0 spiro atoms. The minimum atomic E-state index is -0.701. The van der Waals surface area contributed by atoms with Crippen LogP contribution in [0.1, 0.15) is 25.3 Å². The molecule has 1 N–H and O–H groups in total. The number of nitrogens with one attached hydrogen (secondary N) is 1. The summed E-state index contributed by atoms with van der Waals surface area (Å²) in [7, 11) is 0. The molecule has 1 saturated carbocycles. The van der Waals surface area contributed by atoms with Crippen LogP contribution in [-0.2, 0) is 9.63 Å². The van der Waals surface area contributed by atoms with Gasteiger partial charge in [-0.15, -0.1) is 0 Å². The Hall–Kier alpha value is -2.44. The molecule has 1 aliphatic heterocycles. The molecule has 0 bridgehead atoms. The third kappa shape index (κ3) is 2.72. The average molecular weight is 289 g/mol. The van der Waals surface area contributed by atoms with Crippen LogP contribution in [0.25, 0.3) is 0 Å². The summed E-state index contributed by atoms with van der Waals surface area (Å²) in [6.07, 6.45) is 0.529. The van der Waals surface area contributed by atoms with Crippen LogP contribution in [0.5, 0.6) is 0 Å².